The third-order valence-corrected chi connectivity index (χ3v) is 6.88. The van der Waals surface area contributed by atoms with Crippen LogP contribution in [0.5, 0.6) is 0 Å². The van der Waals surface area contributed by atoms with Crippen LogP contribution in [0.4, 0.5) is 0 Å². The standard InChI is InChI=1S/C17H27ClN2O3S/c1-6-17(5,7-2)19-16(21)14-12-13(10-11-15(14)18)24(22,23)20(8-3)9-4/h10-12H,6-9H2,1-5H3,(H,19,21). The number of halogens is 1. The summed E-state index contributed by atoms with van der Waals surface area (Å²) in [5.41, 5.74) is -0.174. The fourth-order valence-corrected chi connectivity index (χ4v) is 4.01. The zero-order chi connectivity index (χ0) is 18.5. The van der Waals surface area contributed by atoms with Crippen molar-refractivity contribution in [2.45, 2.75) is 57.9 Å². The number of sulfonamides is 1. The minimum absolute atomic E-state index is 0.0791. The monoisotopic (exact) mass is 374 g/mol. The molecule has 0 aliphatic carbocycles. The van der Waals surface area contributed by atoms with Crippen molar-refractivity contribution in [1.82, 2.24) is 9.62 Å². The van der Waals surface area contributed by atoms with Crippen LogP contribution in [0.1, 0.15) is 57.8 Å². The molecule has 0 bridgehead atoms. The first-order valence-corrected chi connectivity index (χ1v) is 10.1. The highest BCUT2D eigenvalue weighted by Crippen LogP contribution is 2.24. The summed E-state index contributed by atoms with van der Waals surface area (Å²) in [6.45, 7) is 10.2. The fourth-order valence-electron chi connectivity index (χ4n) is 2.32. The first-order valence-electron chi connectivity index (χ1n) is 8.27. The molecule has 0 heterocycles. The van der Waals surface area contributed by atoms with E-state index in [0.717, 1.165) is 12.8 Å². The van der Waals surface area contributed by atoms with Crippen LogP contribution in [0.15, 0.2) is 23.1 Å². The molecule has 1 aromatic rings. The summed E-state index contributed by atoms with van der Waals surface area (Å²) in [5, 5.41) is 3.19. The first-order chi connectivity index (χ1) is 11.1. The summed E-state index contributed by atoms with van der Waals surface area (Å²) in [5.74, 6) is -0.359. The van der Waals surface area contributed by atoms with Gasteiger partial charge >= 0.3 is 0 Å². The number of nitrogens with one attached hydrogen (secondary N) is 1. The van der Waals surface area contributed by atoms with Gasteiger partial charge in [0.25, 0.3) is 5.91 Å². The summed E-state index contributed by atoms with van der Waals surface area (Å²) in [7, 11) is -3.63. The second-order valence-electron chi connectivity index (χ2n) is 5.95. The smallest absolute Gasteiger partial charge is 0.253 e. The van der Waals surface area contributed by atoms with E-state index in [1.165, 1.54) is 22.5 Å². The third kappa shape index (κ3) is 4.49. The number of carbonyl (C=O) groups is 1. The lowest BCUT2D eigenvalue weighted by atomic mass is 9.95. The summed E-state index contributed by atoms with van der Waals surface area (Å²) in [4.78, 5) is 12.7. The van der Waals surface area contributed by atoms with E-state index in [1.807, 2.05) is 20.8 Å². The lowest BCUT2D eigenvalue weighted by molar-refractivity contribution is 0.0901. The molecule has 1 amide bonds. The molecule has 136 valence electrons. The van der Waals surface area contributed by atoms with Crippen LogP contribution in [-0.2, 0) is 10.0 Å². The van der Waals surface area contributed by atoms with Crippen molar-refractivity contribution < 1.29 is 13.2 Å². The molecule has 0 aliphatic heterocycles. The molecule has 1 N–H and O–H groups in total. The zero-order valence-electron chi connectivity index (χ0n) is 15.0. The molecule has 0 aromatic heterocycles. The van der Waals surface area contributed by atoms with Crippen molar-refractivity contribution in [3.63, 3.8) is 0 Å². The lowest BCUT2D eigenvalue weighted by Gasteiger charge is -2.28. The average molecular weight is 375 g/mol. The van der Waals surface area contributed by atoms with Crippen molar-refractivity contribution in [2.75, 3.05) is 13.1 Å². The average Bonchev–Trinajstić information content (AvgIpc) is 2.55. The van der Waals surface area contributed by atoms with E-state index in [2.05, 4.69) is 5.32 Å². The number of carbonyl (C=O) groups excluding carboxylic acids is 1. The lowest BCUT2D eigenvalue weighted by Crippen LogP contribution is -2.45. The third-order valence-electron chi connectivity index (χ3n) is 4.50. The molecule has 5 nitrogen and oxygen atoms in total. The Morgan fingerprint density at radius 1 is 1.17 bits per heavy atom. The molecule has 1 rings (SSSR count). The highest BCUT2D eigenvalue weighted by Gasteiger charge is 2.27. The second-order valence-corrected chi connectivity index (χ2v) is 8.30. The van der Waals surface area contributed by atoms with Crippen LogP contribution < -0.4 is 5.32 Å². The van der Waals surface area contributed by atoms with Crippen LogP contribution in [0.2, 0.25) is 5.02 Å². The van der Waals surface area contributed by atoms with Gasteiger partial charge in [-0.2, -0.15) is 4.31 Å². The van der Waals surface area contributed by atoms with Crippen LogP contribution >= 0.6 is 11.6 Å². The molecule has 0 unspecified atom stereocenters. The molecule has 0 spiro atoms. The van der Waals surface area contributed by atoms with Crippen LogP contribution in [-0.4, -0.2) is 37.3 Å². The molecule has 0 aliphatic rings. The SMILES string of the molecule is CCN(CC)S(=O)(=O)c1ccc(Cl)c(C(=O)NC(C)(CC)CC)c1. The van der Waals surface area contributed by atoms with Crippen molar-refractivity contribution in [1.29, 1.82) is 0 Å². The molecule has 7 heteroatoms. The summed E-state index contributed by atoms with van der Waals surface area (Å²) in [6, 6.07) is 4.25. The molecular weight excluding hydrogens is 348 g/mol. The highest BCUT2D eigenvalue weighted by molar-refractivity contribution is 7.89. The Kier molecular flexibility index (Phi) is 7.25. The number of hydrogen-bond acceptors (Lipinski definition) is 3. The van der Waals surface area contributed by atoms with Gasteiger partial charge in [0.2, 0.25) is 10.0 Å². The number of hydrogen-bond donors (Lipinski definition) is 1. The predicted molar refractivity (Wildman–Crippen MR) is 98.0 cm³/mol. The summed E-state index contributed by atoms with van der Waals surface area (Å²) in [6.07, 6.45) is 1.54. The van der Waals surface area contributed by atoms with Crippen molar-refractivity contribution in [3.05, 3.63) is 28.8 Å². The Balaban J connectivity index is 3.26. The Labute approximate surface area is 150 Å². The molecule has 1 aromatic carbocycles. The minimum Gasteiger partial charge on any atom is -0.347 e. The van der Waals surface area contributed by atoms with E-state index in [-0.39, 0.29) is 26.9 Å². The van der Waals surface area contributed by atoms with Gasteiger partial charge in [-0.3, -0.25) is 4.79 Å². The fraction of sp³-hybridized carbons (Fsp3) is 0.588. The van der Waals surface area contributed by atoms with Crippen molar-refractivity contribution in [2.24, 2.45) is 0 Å². The second kappa shape index (κ2) is 8.32. The summed E-state index contributed by atoms with van der Waals surface area (Å²) >= 11 is 6.13. The number of nitrogens with zero attached hydrogens (tertiary/aromatic N) is 1. The van der Waals surface area contributed by atoms with E-state index >= 15 is 0 Å². The molecule has 0 radical (unpaired) electrons. The quantitative estimate of drug-likeness (QED) is 0.754. The van der Waals surface area contributed by atoms with E-state index in [9.17, 15) is 13.2 Å². The van der Waals surface area contributed by atoms with Crippen molar-refractivity contribution >= 4 is 27.5 Å². The maximum absolute atomic E-state index is 12.6. The summed E-state index contributed by atoms with van der Waals surface area (Å²) < 4.78 is 26.6. The van der Waals surface area contributed by atoms with Gasteiger partial charge in [-0.25, -0.2) is 8.42 Å². The molecule has 0 fully saturated rings. The van der Waals surface area contributed by atoms with Gasteiger partial charge in [0, 0.05) is 18.6 Å². The van der Waals surface area contributed by atoms with Crippen molar-refractivity contribution in [3.8, 4) is 0 Å². The van der Waals surface area contributed by atoms with Crippen LogP contribution in [0.3, 0.4) is 0 Å². The molecule has 0 saturated carbocycles. The number of amides is 1. The maximum Gasteiger partial charge on any atom is 0.253 e. The highest BCUT2D eigenvalue weighted by atomic mass is 35.5. The Morgan fingerprint density at radius 2 is 1.71 bits per heavy atom. The zero-order valence-corrected chi connectivity index (χ0v) is 16.6. The molecular formula is C17H27ClN2O3S. The van der Waals surface area contributed by atoms with Gasteiger partial charge in [0.1, 0.15) is 0 Å². The van der Waals surface area contributed by atoms with E-state index < -0.39 is 10.0 Å². The van der Waals surface area contributed by atoms with Gasteiger partial charge in [0.05, 0.1) is 15.5 Å². The normalized spacial score (nSPS) is 12.5. The van der Waals surface area contributed by atoms with Crippen LogP contribution in [0, 0.1) is 0 Å². The minimum atomic E-state index is -3.63. The van der Waals surface area contributed by atoms with E-state index in [1.54, 1.807) is 13.8 Å². The predicted octanol–water partition coefficient (Wildman–Crippen LogP) is 3.68. The Bertz CT molecular complexity index is 681. The molecule has 0 atom stereocenters. The number of benzene rings is 1. The Morgan fingerprint density at radius 3 is 2.17 bits per heavy atom. The number of rotatable bonds is 8. The first kappa shape index (κ1) is 20.9. The molecule has 0 saturated heterocycles. The van der Waals surface area contributed by atoms with Gasteiger partial charge in [-0.1, -0.05) is 39.3 Å². The van der Waals surface area contributed by atoms with Gasteiger partial charge in [0.15, 0.2) is 0 Å². The maximum atomic E-state index is 12.6. The molecule has 24 heavy (non-hydrogen) atoms. The van der Waals surface area contributed by atoms with Crippen LogP contribution in [0.25, 0.3) is 0 Å². The largest absolute Gasteiger partial charge is 0.347 e. The topological polar surface area (TPSA) is 66.5 Å². The van der Waals surface area contributed by atoms with E-state index in [4.69, 9.17) is 11.6 Å². The Hall–Kier alpha value is -1.11. The van der Waals surface area contributed by atoms with E-state index in [0.29, 0.717) is 13.1 Å². The van der Waals surface area contributed by atoms with Gasteiger partial charge in [-0.15, -0.1) is 0 Å². The van der Waals surface area contributed by atoms with Gasteiger partial charge in [-0.05, 0) is 38.0 Å². The van der Waals surface area contributed by atoms with Gasteiger partial charge < -0.3 is 5.32 Å².